The molecule has 10 heteroatoms. The maximum absolute atomic E-state index is 12.4. The van der Waals surface area contributed by atoms with E-state index in [0.29, 0.717) is 27.9 Å². The fraction of sp³-hybridized carbons (Fsp3) is 0.357. The van der Waals surface area contributed by atoms with Gasteiger partial charge in [0.05, 0.1) is 22.3 Å². The number of benzene rings is 1. The summed E-state index contributed by atoms with van der Waals surface area (Å²) in [5, 5.41) is 14.8. The van der Waals surface area contributed by atoms with Gasteiger partial charge in [-0.05, 0) is 48.4 Å². The molecule has 1 fully saturated rings. The molecule has 1 aromatic carbocycles. The minimum absolute atomic E-state index is 0.150. The first-order chi connectivity index (χ1) is 11.6. The van der Waals surface area contributed by atoms with Crippen LogP contribution >= 0.6 is 11.8 Å². The van der Waals surface area contributed by atoms with Crippen molar-refractivity contribution in [3.63, 3.8) is 0 Å². The van der Waals surface area contributed by atoms with Crippen LogP contribution in [0.5, 0.6) is 0 Å². The third-order valence-electron chi connectivity index (χ3n) is 3.79. The fourth-order valence-corrected chi connectivity index (χ4v) is 3.24. The van der Waals surface area contributed by atoms with E-state index in [1.807, 2.05) is 6.92 Å². The molecule has 1 atom stereocenters. The van der Waals surface area contributed by atoms with Gasteiger partial charge in [0, 0.05) is 5.69 Å². The summed E-state index contributed by atoms with van der Waals surface area (Å²) in [5.41, 5.74) is 1.70. The molecule has 1 amide bonds. The van der Waals surface area contributed by atoms with Crippen LogP contribution in [0.3, 0.4) is 0 Å². The number of H-pyrrole nitrogens is 2. The highest BCUT2D eigenvalue weighted by atomic mass is 32.2. The first kappa shape index (κ1) is 14.9. The van der Waals surface area contributed by atoms with Gasteiger partial charge in [0.25, 0.3) is 0 Å². The van der Waals surface area contributed by atoms with Crippen LogP contribution < -0.4 is 11.0 Å². The Morgan fingerprint density at radius 3 is 2.96 bits per heavy atom. The molecular formula is C14H15N7O2S. The molecule has 0 spiro atoms. The van der Waals surface area contributed by atoms with Gasteiger partial charge in [-0.1, -0.05) is 11.8 Å². The minimum Gasteiger partial charge on any atom is -0.325 e. The number of rotatable bonds is 5. The highest BCUT2D eigenvalue weighted by Crippen LogP contribution is 2.37. The molecule has 0 saturated heterocycles. The van der Waals surface area contributed by atoms with Crippen molar-refractivity contribution in [2.75, 3.05) is 5.32 Å². The monoisotopic (exact) mass is 345 g/mol. The van der Waals surface area contributed by atoms with E-state index in [0.717, 1.165) is 12.8 Å². The Morgan fingerprint density at radius 2 is 2.17 bits per heavy atom. The van der Waals surface area contributed by atoms with Crippen LogP contribution in [0.1, 0.15) is 25.8 Å². The normalized spacial score (nSPS) is 15.5. The summed E-state index contributed by atoms with van der Waals surface area (Å²) in [5.74, 6) is -0.150. The summed E-state index contributed by atoms with van der Waals surface area (Å²) >= 11 is 1.33. The number of nitrogens with zero attached hydrogens (tertiary/aromatic N) is 4. The van der Waals surface area contributed by atoms with E-state index in [1.165, 1.54) is 11.8 Å². The van der Waals surface area contributed by atoms with Gasteiger partial charge in [0.1, 0.15) is 0 Å². The zero-order valence-corrected chi connectivity index (χ0v) is 13.6. The second kappa shape index (κ2) is 5.78. The third-order valence-corrected chi connectivity index (χ3v) is 4.84. The van der Waals surface area contributed by atoms with Crippen molar-refractivity contribution in [2.24, 2.45) is 0 Å². The van der Waals surface area contributed by atoms with Crippen LogP contribution in [0, 0.1) is 0 Å². The quantitative estimate of drug-likeness (QED) is 0.599. The van der Waals surface area contributed by atoms with Crippen molar-refractivity contribution in [2.45, 2.75) is 36.2 Å². The van der Waals surface area contributed by atoms with E-state index in [9.17, 15) is 9.59 Å². The number of fused-ring (bicyclic) bond motifs is 1. The summed E-state index contributed by atoms with van der Waals surface area (Å²) in [6.45, 7) is 1.81. The number of hydrogen-bond acceptors (Lipinski definition) is 6. The summed E-state index contributed by atoms with van der Waals surface area (Å²) in [6.07, 6.45) is 2.15. The minimum atomic E-state index is -0.352. The number of anilines is 1. The van der Waals surface area contributed by atoms with Crippen molar-refractivity contribution >= 4 is 34.4 Å². The number of aromatic nitrogens is 6. The number of thioether (sulfide) groups is 1. The van der Waals surface area contributed by atoms with Gasteiger partial charge < -0.3 is 15.3 Å². The lowest BCUT2D eigenvalue weighted by Crippen LogP contribution is -2.23. The van der Waals surface area contributed by atoms with Gasteiger partial charge in [-0.25, -0.2) is 9.48 Å². The van der Waals surface area contributed by atoms with Crippen molar-refractivity contribution in [3.05, 3.63) is 28.7 Å². The Balaban J connectivity index is 1.45. The van der Waals surface area contributed by atoms with Crippen LogP contribution in [0.15, 0.2) is 28.2 Å². The lowest BCUT2D eigenvalue weighted by atomic mass is 10.2. The molecule has 2 aromatic heterocycles. The molecule has 24 heavy (non-hydrogen) atoms. The van der Waals surface area contributed by atoms with E-state index >= 15 is 0 Å². The number of imidazole rings is 1. The number of carbonyl (C=O) groups is 1. The van der Waals surface area contributed by atoms with E-state index in [2.05, 4.69) is 30.8 Å². The topological polar surface area (TPSA) is 121 Å². The average Bonchev–Trinajstić information content (AvgIpc) is 3.17. The number of amides is 1. The van der Waals surface area contributed by atoms with Gasteiger partial charge in [-0.15, -0.1) is 5.10 Å². The molecular weight excluding hydrogens is 330 g/mol. The Labute approximate surface area is 140 Å². The van der Waals surface area contributed by atoms with Crippen molar-refractivity contribution in [1.82, 2.24) is 30.2 Å². The second-order valence-electron chi connectivity index (χ2n) is 5.73. The highest BCUT2D eigenvalue weighted by Gasteiger charge is 2.29. The Morgan fingerprint density at radius 1 is 1.38 bits per heavy atom. The van der Waals surface area contributed by atoms with Crippen LogP contribution in [0.4, 0.5) is 5.69 Å². The molecule has 0 radical (unpaired) electrons. The second-order valence-corrected chi connectivity index (χ2v) is 7.03. The molecule has 2 heterocycles. The van der Waals surface area contributed by atoms with E-state index in [1.54, 1.807) is 22.9 Å². The van der Waals surface area contributed by atoms with Gasteiger partial charge >= 0.3 is 5.69 Å². The van der Waals surface area contributed by atoms with E-state index in [4.69, 9.17) is 0 Å². The van der Waals surface area contributed by atoms with Gasteiger partial charge in [-0.3, -0.25) is 4.79 Å². The standard InChI is InChI=1S/C14H15N7O2S/c1-7(24-14-18-19-20-21(14)9-3-4-9)12(22)15-8-2-5-10-11(6-8)17-13(23)16-10/h2,5-7,9H,3-4H2,1H3,(H,15,22)(H2,16,17,23)/t7-/m1/s1. The number of carbonyl (C=O) groups excluding carboxylic acids is 1. The number of nitrogens with one attached hydrogen (secondary N) is 3. The third kappa shape index (κ3) is 2.92. The maximum atomic E-state index is 12.4. The van der Waals surface area contributed by atoms with Crippen LogP contribution in [-0.2, 0) is 4.79 Å². The Bertz CT molecular complexity index is 955. The molecule has 1 aliphatic rings. The highest BCUT2D eigenvalue weighted by molar-refractivity contribution is 8.00. The summed E-state index contributed by atoms with van der Waals surface area (Å²) in [7, 11) is 0. The molecule has 9 nitrogen and oxygen atoms in total. The maximum Gasteiger partial charge on any atom is 0.323 e. The van der Waals surface area contributed by atoms with Gasteiger partial charge in [0.15, 0.2) is 0 Å². The van der Waals surface area contributed by atoms with E-state index in [-0.39, 0.29) is 16.8 Å². The van der Waals surface area contributed by atoms with Crippen LogP contribution in [0.2, 0.25) is 0 Å². The number of hydrogen-bond donors (Lipinski definition) is 3. The Kier molecular flexibility index (Phi) is 3.60. The molecule has 4 rings (SSSR count). The van der Waals surface area contributed by atoms with Gasteiger partial charge in [-0.2, -0.15) is 0 Å². The molecule has 0 aliphatic heterocycles. The predicted molar refractivity (Wildman–Crippen MR) is 89.0 cm³/mol. The zero-order chi connectivity index (χ0) is 16.7. The fourth-order valence-electron chi connectivity index (χ4n) is 2.38. The Hall–Kier alpha value is -2.62. The summed E-state index contributed by atoms with van der Waals surface area (Å²) in [6, 6.07) is 5.58. The molecule has 0 bridgehead atoms. The molecule has 3 aromatic rings. The molecule has 1 saturated carbocycles. The SMILES string of the molecule is C[C@@H](Sc1nnnn1C1CC1)C(=O)Nc1ccc2[nH]c(=O)[nH]c2c1. The number of tetrazole rings is 1. The van der Waals surface area contributed by atoms with Crippen LogP contribution in [0.25, 0.3) is 11.0 Å². The molecule has 0 unspecified atom stereocenters. The van der Waals surface area contributed by atoms with E-state index < -0.39 is 0 Å². The van der Waals surface area contributed by atoms with Crippen molar-refractivity contribution in [1.29, 1.82) is 0 Å². The summed E-state index contributed by atoms with van der Waals surface area (Å²) in [4.78, 5) is 29.0. The summed E-state index contributed by atoms with van der Waals surface area (Å²) < 4.78 is 1.78. The largest absolute Gasteiger partial charge is 0.325 e. The van der Waals surface area contributed by atoms with Crippen molar-refractivity contribution < 1.29 is 4.79 Å². The predicted octanol–water partition coefficient (Wildman–Crippen LogP) is 1.30. The zero-order valence-electron chi connectivity index (χ0n) is 12.8. The molecule has 124 valence electrons. The lowest BCUT2D eigenvalue weighted by molar-refractivity contribution is -0.115. The molecule has 1 aliphatic carbocycles. The van der Waals surface area contributed by atoms with Crippen molar-refractivity contribution in [3.8, 4) is 0 Å². The van der Waals surface area contributed by atoms with Crippen LogP contribution in [-0.4, -0.2) is 41.3 Å². The lowest BCUT2D eigenvalue weighted by Gasteiger charge is -2.11. The average molecular weight is 345 g/mol. The first-order valence-electron chi connectivity index (χ1n) is 7.57. The smallest absolute Gasteiger partial charge is 0.323 e. The molecule has 3 N–H and O–H groups in total. The first-order valence-corrected chi connectivity index (χ1v) is 8.45. The number of aromatic amines is 2. The van der Waals surface area contributed by atoms with Gasteiger partial charge in [0.2, 0.25) is 11.1 Å².